The molecule has 0 N–H and O–H groups in total. The molecule has 3 nitrogen and oxygen atoms in total. The largest absolute Gasteiger partial charge is 0.436 e. The normalized spacial score (nSPS) is 9.13. The fourth-order valence-electron chi connectivity index (χ4n) is 0.970. The molecule has 1 aromatic carbocycles. The number of terminal acetylenes is 1. The van der Waals surface area contributed by atoms with Crippen molar-refractivity contribution in [2.24, 2.45) is 0 Å². The molecule has 0 atom stereocenters. The second-order valence-electron chi connectivity index (χ2n) is 2.79. The zero-order chi connectivity index (χ0) is 11.3. The third-order valence-corrected chi connectivity index (χ3v) is 2.02. The van der Waals surface area contributed by atoms with Crippen LogP contribution in [0.15, 0.2) is 24.3 Å². The van der Waals surface area contributed by atoms with Crippen LogP contribution >= 0.6 is 11.6 Å². The number of halogens is 1. The van der Waals surface area contributed by atoms with Crippen molar-refractivity contribution < 1.29 is 9.53 Å². The lowest BCUT2D eigenvalue weighted by Gasteiger charge is -2.15. The van der Waals surface area contributed by atoms with Gasteiger partial charge in [-0.1, -0.05) is 17.5 Å². The van der Waals surface area contributed by atoms with E-state index in [-0.39, 0.29) is 6.61 Å². The molecule has 1 amide bonds. The summed E-state index contributed by atoms with van der Waals surface area (Å²) in [5, 5.41) is 0.615. The third-order valence-electron chi connectivity index (χ3n) is 1.77. The Morgan fingerprint density at radius 3 is 2.67 bits per heavy atom. The van der Waals surface area contributed by atoms with Gasteiger partial charge in [0, 0.05) is 17.8 Å². The Labute approximate surface area is 93.6 Å². The van der Waals surface area contributed by atoms with Crippen molar-refractivity contribution in [2.75, 3.05) is 18.6 Å². The maximum Gasteiger partial charge on any atom is 0.414 e. The van der Waals surface area contributed by atoms with Gasteiger partial charge in [-0.05, 0) is 24.3 Å². The van der Waals surface area contributed by atoms with Gasteiger partial charge in [0.25, 0.3) is 0 Å². The van der Waals surface area contributed by atoms with Gasteiger partial charge in [0.15, 0.2) is 6.61 Å². The average molecular weight is 224 g/mol. The number of hydrogen-bond acceptors (Lipinski definition) is 2. The van der Waals surface area contributed by atoms with Crippen LogP contribution in [-0.2, 0) is 4.74 Å². The van der Waals surface area contributed by atoms with Crippen LogP contribution in [0.2, 0.25) is 5.02 Å². The van der Waals surface area contributed by atoms with Gasteiger partial charge in [-0.15, -0.1) is 6.42 Å². The summed E-state index contributed by atoms with van der Waals surface area (Å²) >= 11 is 5.72. The molecule has 4 heteroatoms. The summed E-state index contributed by atoms with van der Waals surface area (Å²) in [6.07, 6.45) is 4.48. The molecule has 0 heterocycles. The van der Waals surface area contributed by atoms with Crippen LogP contribution in [0.1, 0.15) is 0 Å². The van der Waals surface area contributed by atoms with Gasteiger partial charge in [-0.2, -0.15) is 0 Å². The Morgan fingerprint density at radius 1 is 1.53 bits per heavy atom. The van der Waals surface area contributed by atoms with Gasteiger partial charge in [-0.25, -0.2) is 4.79 Å². The summed E-state index contributed by atoms with van der Waals surface area (Å²) in [7, 11) is 1.60. The average Bonchev–Trinajstić information content (AvgIpc) is 2.26. The van der Waals surface area contributed by atoms with Crippen LogP contribution in [0.3, 0.4) is 0 Å². The van der Waals surface area contributed by atoms with Crippen molar-refractivity contribution in [3.05, 3.63) is 29.3 Å². The number of amides is 1. The Kier molecular flexibility index (Phi) is 4.02. The number of carbonyl (C=O) groups excluding carboxylic acids is 1. The topological polar surface area (TPSA) is 29.5 Å². The molecule has 0 fully saturated rings. The first kappa shape index (κ1) is 11.4. The highest BCUT2D eigenvalue weighted by Gasteiger charge is 2.10. The number of nitrogens with zero attached hydrogens (tertiary/aromatic N) is 1. The van der Waals surface area contributed by atoms with E-state index in [1.807, 2.05) is 0 Å². The van der Waals surface area contributed by atoms with Crippen LogP contribution in [0.5, 0.6) is 0 Å². The zero-order valence-corrected chi connectivity index (χ0v) is 8.99. The molecule has 0 aliphatic carbocycles. The van der Waals surface area contributed by atoms with Gasteiger partial charge in [0.1, 0.15) is 0 Å². The second kappa shape index (κ2) is 5.28. The minimum atomic E-state index is -0.490. The molecule has 1 rings (SSSR count). The first-order chi connectivity index (χ1) is 7.15. The van der Waals surface area contributed by atoms with E-state index in [2.05, 4.69) is 5.92 Å². The van der Waals surface area contributed by atoms with Gasteiger partial charge >= 0.3 is 6.09 Å². The second-order valence-corrected chi connectivity index (χ2v) is 3.23. The van der Waals surface area contributed by atoms with Crippen LogP contribution in [-0.4, -0.2) is 19.7 Å². The maximum absolute atomic E-state index is 11.4. The predicted octanol–water partition coefficient (Wildman–Crippen LogP) is 2.55. The third kappa shape index (κ3) is 3.19. The number of carbonyl (C=O) groups is 1. The molecular formula is C11H10ClNO2. The van der Waals surface area contributed by atoms with E-state index in [0.29, 0.717) is 10.7 Å². The van der Waals surface area contributed by atoms with E-state index < -0.39 is 6.09 Å². The van der Waals surface area contributed by atoms with E-state index in [0.717, 1.165) is 0 Å². The van der Waals surface area contributed by atoms with Crippen molar-refractivity contribution in [1.82, 2.24) is 0 Å². The number of anilines is 1. The monoisotopic (exact) mass is 223 g/mol. The van der Waals surface area contributed by atoms with Gasteiger partial charge in [0.2, 0.25) is 0 Å². The quantitative estimate of drug-likeness (QED) is 0.722. The first-order valence-electron chi connectivity index (χ1n) is 4.24. The number of ether oxygens (including phenoxy) is 1. The van der Waals surface area contributed by atoms with E-state index in [4.69, 9.17) is 22.8 Å². The minimum Gasteiger partial charge on any atom is -0.436 e. The molecule has 0 aliphatic rings. The lowest BCUT2D eigenvalue weighted by molar-refractivity contribution is 0.169. The Bertz CT molecular complexity index is 381. The van der Waals surface area contributed by atoms with Crippen LogP contribution in [0.25, 0.3) is 0 Å². The van der Waals surface area contributed by atoms with Gasteiger partial charge < -0.3 is 4.74 Å². The molecule has 0 radical (unpaired) electrons. The summed E-state index contributed by atoms with van der Waals surface area (Å²) in [6, 6.07) is 6.84. The Hall–Kier alpha value is -1.66. The molecule has 0 saturated carbocycles. The molecule has 0 aliphatic heterocycles. The van der Waals surface area contributed by atoms with Gasteiger partial charge in [0.05, 0.1) is 0 Å². The lowest BCUT2D eigenvalue weighted by Crippen LogP contribution is -2.27. The van der Waals surface area contributed by atoms with Crippen molar-refractivity contribution >= 4 is 23.4 Å². The highest BCUT2D eigenvalue weighted by molar-refractivity contribution is 6.30. The summed E-state index contributed by atoms with van der Waals surface area (Å²) in [5.74, 6) is 2.22. The van der Waals surface area contributed by atoms with Gasteiger partial charge in [-0.3, -0.25) is 4.90 Å². The summed E-state index contributed by atoms with van der Waals surface area (Å²) in [5.41, 5.74) is 0.696. The SMILES string of the molecule is C#CCOC(=O)N(C)c1ccc(Cl)cc1. The molecule has 15 heavy (non-hydrogen) atoms. The van der Waals surface area contributed by atoms with E-state index in [9.17, 15) is 4.79 Å². The van der Waals surface area contributed by atoms with E-state index in [1.54, 1.807) is 31.3 Å². The summed E-state index contributed by atoms with van der Waals surface area (Å²) < 4.78 is 4.76. The summed E-state index contributed by atoms with van der Waals surface area (Å²) in [6.45, 7) is -0.0310. The fraction of sp³-hybridized carbons (Fsp3) is 0.182. The van der Waals surface area contributed by atoms with E-state index >= 15 is 0 Å². The Balaban J connectivity index is 2.68. The molecular weight excluding hydrogens is 214 g/mol. The molecule has 0 saturated heterocycles. The van der Waals surface area contributed by atoms with Crippen molar-refractivity contribution in [3.8, 4) is 12.3 Å². The first-order valence-corrected chi connectivity index (χ1v) is 4.62. The molecule has 0 unspecified atom stereocenters. The number of benzene rings is 1. The maximum atomic E-state index is 11.4. The molecule has 0 aromatic heterocycles. The zero-order valence-electron chi connectivity index (χ0n) is 8.24. The highest BCUT2D eigenvalue weighted by Crippen LogP contribution is 2.17. The van der Waals surface area contributed by atoms with Crippen LogP contribution in [0, 0.1) is 12.3 Å². The number of hydrogen-bond donors (Lipinski definition) is 0. The fourth-order valence-corrected chi connectivity index (χ4v) is 1.10. The Morgan fingerprint density at radius 2 is 2.13 bits per heavy atom. The number of rotatable bonds is 2. The highest BCUT2D eigenvalue weighted by atomic mass is 35.5. The predicted molar refractivity (Wildman–Crippen MR) is 60.0 cm³/mol. The smallest absolute Gasteiger partial charge is 0.414 e. The van der Waals surface area contributed by atoms with Crippen LogP contribution < -0.4 is 4.90 Å². The van der Waals surface area contributed by atoms with Crippen molar-refractivity contribution in [2.45, 2.75) is 0 Å². The standard InChI is InChI=1S/C11H10ClNO2/c1-3-8-15-11(14)13(2)10-6-4-9(12)5-7-10/h1,4-7H,8H2,2H3. The van der Waals surface area contributed by atoms with Crippen molar-refractivity contribution in [3.63, 3.8) is 0 Å². The molecule has 0 spiro atoms. The summed E-state index contributed by atoms with van der Waals surface area (Å²) in [4.78, 5) is 12.7. The molecule has 1 aromatic rings. The van der Waals surface area contributed by atoms with Crippen molar-refractivity contribution in [1.29, 1.82) is 0 Å². The minimum absolute atomic E-state index is 0.0310. The van der Waals surface area contributed by atoms with E-state index in [1.165, 1.54) is 4.90 Å². The van der Waals surface area contributed by atoms with Crippen LogP contribution in [0.4, 0.5) is 10.5 Å². The lowest BCUT2D eigenvalue weighted by atomic mass is 10.3. The molecule has 78 valence electrons. The molecule has 0 bridgehead atoms.